The second kappa shape index (κ2) is 3.77. The molecule has 1 fully saturated rings. The molecule has 0 aromatic heterocycles. The standard InChI is InChI=1S/C9H16N2O2/c1-6(2)9(13)10-8-4-11(5-8)7(3)12/h6,8H,4-5H2,1-3H3,(H,10,13). The van der Waals surface area contributed by atoms with Gasteiger partial charge in [-0.25, -0.2) is 0 Å². The Kier molecular flexibility index (Phi) is 2.90. The van der Waals surface area contributed by atoms with Crippen molar-refractivity contribution in [3.05, 3.63) is 0 Å². The molecule has 2 amide bonds. The Labute approximate surface area is 78.3 Å². The molecule has 0 saturated carbocycles. The maximum atomic E-state index is 11.2. The van der Waals surface area contributed by atoms with Crippen LogP contribution in [0.5, 0.6) is 0 Å². The van der Waals surface area contributed by atoms with Crippen molar-refractivity contribution >= 4 is 11.8 Å². The molecule has 1 heterocycles. The van der Waals surface area contributed by atoms with Crippen LogP contribution in [0.25, 0.3) is 0 Å². The van der Waals surface area contributed by atoms with Crippen LogP contribution in [-0.4, -0.2) is 35.8 Å². The molecule has 1 N–H and O–H groups in total. The van der Waals surface area contributed by atoms with Crippen LogP contribution in [0.15, 0.2) is 0 Å². The number of rotatable bonds is 2. The van der Waals surface area contributed by atoms with Crippen molar-refractivity contribution in [2.24, 2.45) is 5.92 Å². The first kappa shape index (κ1) is 10.0. The van der Waals surface area contributed by atoms with Crippen LogP contribution < -0.4 is 5.32 Å². The fourth-order valence-corrected chi connectivity index (χ4v) is 1.19. The highest BCUT2D eigenvalue weighted by atomic mass is 16.2. The normalized spacial score (nSPS) is 17.1. The fraction of sp³-hybridized carbons (Fsp3) is 0.778. The fourth-order valence-electron chi connectivity index (χ4n) is 1.19. The molecule has 1 aliphatic heterocycles. The van der Waals surface area contributed by atoms with Crippen molar-refractivity contribution in [2.45, 2.75) is 26.8 Å². The first-order valence-electron chi connectivity index (χ1n) is 4.56. The Hall–Kier alpha value is -1.06. The van der Waals surface area contributed by atoms with Gasteiger partial charge < -0.3 is 10.2 Å². The van der Waals surface area contributed by atoms with Gasteiger partial charge in [0.15, 0.2) is 0 Å². The zero-order chi connectivity index (χ0) is 10.0. The van der Waals surface area contributed by atoms with Gasteiger partial charge in [0.1, 0.15) is 0 Å². The molecule has 0 aromatic carbocycles. The average molecular weight is 184 g/mol. The molecule has 13 heavy (non-hydrogen) atoms. The van der Waals surface area contributed by atoms with E-state index in [-0.39, 0.29) is 23.8 Å². The largest absolute Gasteiger partial charge is 0.350 e. The topological polar surface area (TPSA) is 49.4 Å². The van der Waals surface area contributed by atoms with Gasteiger partial charge in [-0.15, -0.1) is 0 Å². The van der Waals surface area contributed by atoms with Crippen LogP contribution in [0.1, 0.15) is 20.8 Å². The van der Waals surface area contributed by atoms with Gasteiger partial charge in [-0.05, 0) is 0 Å². The van der Waals surface area contributed by atoms with Gasteiger partial charge in [0.05, 0.1) is 6.04 Å². The lowest BCUT2D eigenvalue weighted by Gasteiger charge is -2.39. The summed E-state index contributed by atoms with van der Waals surface area (Å²) in [5.41, 5.74) is 0. The second-order valence-electron chi connectivity index (χ2n) is 3.78. The van der Waals surface area contributed by atoms with Crippen LogP contribution in [0.4, 0.5) is 0 Å². The van der Waals surface area contributed by atoms with Crippen LogP contribution in [0, 0.1) is 5.92 Å². The lowest BCUT2D eigenvalue weighted by molar-refractivity contribution is -0.136. The maximum absolute atomic E-state index is 11.2. The minimum Gasteiger partial charge on any atom is -0.350 e. The van der Waals surface area contributed by atoms with Gasteiger partial charge >= 0.3 is 0 Å². The summed E-state index contributed by atoms with van der Waals surface area (Å²) in [6, 6.07) is 0.166. The van der Waals surface area contributed by atoms with Crippen molar-refractivity contribution < 1.29 is 9.59 Å². The van der Waals surface area contributed by atoms with E-state index in [0.29, 0.717) is 13.1 Å². The highest BCUT2D eigenvalue weighted by molar-refractivity contribution is 5.79. The number of carbonyl (C=O) groups excluding carboxylic acids is 2. The van der Waals surface area contributed by atoms with Gasteiger partial charge in [-0.3, -0.25) is 9.59 Å². The summed E-state index contributed by atoms with van der Waals surface area (Å²) in [4.78, 5) is 23.7. The highest BCUT2D eigenvalue weighted by Crippen LogP contribution is 2.08. The third-order valence-electron chi connectivity index (χ3n) is 2.20. The summed E-state index contributed by atoms with van der Waals surface area (Å²) < 4.78 is 0. The smallest absolute Gasteiger partial charge is 0.222 e. The summed E-state index contributed by atoms with van der Waals surface area (Å²) in [6.07, 6.45) is 0. The Morgan fingerprint density at radius 2 is 1.92 bits per heavy atom. The lowest BCUT2D eigenvalue weighted by atomic mass is 10.1. The molecule has 0 radical (unpaired) electrons. The van der Waals surface area contributed by atoms with E-state index in [1.165, 1.54) is 0 Å². The number of amides is 2. The molecule has 0 aliphatic carbocycles. The SMILES string of the molecule is CC(=O)N1CC(NC(=O)C(C)C)C1. The third kappa shape index (κ3) is 2.44. The van der Waals surface area contributed by atoms with E-state index in [9.17, 15) is 9.59 Å². The minimum absolute atomic E-state index is 0.0198. The van der Waals surface area contributed by atoms with Crippen LogP contribution in [-0.2, 0) is 9.59 Å². The molecule has 0 bridgehead atoms. The summed E-state index contributed by atoms with van der Waals surface area (Å²) in [5.74, 6) is 0.162. The lowest BCUT2D eigenvalue weighted by Crippen LogP contribution is -2.61. The highest BCUT2D eigenvalue weighted by Gasteiger charge is 2.29. The molecule has 0 atom stereocenters. The molecule has 0 spiro atoms. The van der Waals surface area contributed by atoms with Crippen molar-refractivity contribution in [2.75, 3.05) is 13.1 Å². The first-order valence-corrected chi connectivity index (χ1v) is 4.56. The Morgan fingerprint density at radius 3 is 2.31 bits per heavy atom. The Morgan fingerprint density at radius 1 is 1.38 bits per heavy atom. The van der Waals surface area contributed by atoms with Crippen LogP contribution in [0.2, 0.25) is 0 Å². The summed E-state index contributed by atoms with van der Waals surface area (Å²) in [6.45, 7) is 6.58. The maximum Gasteiger partial charge on any atom is 0.222 e. The Bertz CT molecular complexity index is 220. The second-order valence-corrected chi connectivity index (χ2v) is 3.78. The Balaban J connectivity index is 2.22. The van der Waals surface area contributed by atoms with E-state index in [1.54, 1.807) is 11.8 Å². The summed E-state index contributed by atoms with van der Waals surface area (Å²) in [7, 11) is 0. The zero-order valence-electron chi connectivity index (χ0n) is 8.33. The summed E-state index contributed by atoms with van der Waals surface area (Å²) in [5, 5.41) is 2.87. The van der Waals surface area contributed by atoms with Gasteiger partial charge in [-0.1, -0.05) is 13.8 Å². The van der Waals surface area contributed by atoms with Crippen molar-refractivity contribution in [1.82, 2.24) is 10.2 Å². The third-order valence-corrected chi connectivity index (χ3v) is 2.20. The molecule has 1 rings (SSSR count). The quantitative estimate of drug-likeness (QED) is 0.656. The molecular weight excluding hydrogens is 168 g/mol. The van der Waals surface area contributed by atoms with Crippen molar-refractivity contribution in [3.63, 3.8) is 0 Å². The molecule has 74 valence electrons. The van der Waals surface area contributed by atoms with E-state index in [2.05, 4.69) is 5.32 Å². The number of nitrogens with zero attached hydrogens (tertiary/aromatic N) is 1. The average Bonchev–Trinajstić information content (AvgIpc) is 1.94. The predicted octanol–water partition coefficient (Wildman–Crippen LogP) is -0.0107. The van der Waals surface area contributed by atoms with Gasteiger partial charge in [0.25, 0.3) is 0 Å². The van der Waals surface area contributed by atoms with Crippen LogP contribution >= 0.6 is 0 Å². The van der Waals surface area contributed by atoms with Crippen molar-refractivity contribution in [3.8, 4) is 0 Å². The molecule has 4 heteroatoms. The van der Waals surface area contributed by atoms with Gasteiger partial charge in [0, 0.05) is 25.9 Å². The molecule has 1 aliphatic rings. The number of hydrogen-bond donors (Lipinski definition) is 1. The molecular formula is C9H16N2O2. The molecule has 0 unspecified atom stereocenters. The molecule has 4 nitrogen and oxygen atoms in total. The van der Waals surface area contributed by atoms with Gasteiger partial charge in [-0.2, -0.15) is 0 Å². The van der Waals surface area contributed by atoms with E-state index in [0.717, 1.165) is 0 Å². The molecule has 0 aromatic rings. The predicted molar refractivity (Wildman–Crippen MR) is 49.0 cm³/mol. The van der Waals surface area contributed by atoms with Crippen LogP contribution in [0.3, 0.4) is 0 Å². The summed E-state index contributed by atoms with van der Waals surface area (Å²) >= 11 is 0. The van der Waals surface area contributed by atoms with E-state index < -0.39 is 0 Å². The number of carbonyl (C=O) groups is 2. The van der Waals surface area contributed by atoms with E-state index >= 15 is 0 Å². The monoisotopic (exact) mass is 184 g/mol. The number of likely N-dealkylation sites (tertiary alicyclic amines) is 1. The van der Waals surface area contributed by atoms with Gasteiger partial charge in [0.2, 0.25) is 11.8 Å². The van der Waals surface area contributed by atoms with E-state index in [4.69, 9.17) is 0 Å². The first-order chi connectivity index (χ1) is 6.00. The zero-order valence-corrected chi connectivity index (χ0v) is 8.33. The number of nitrogens with one attached hydrogen (secondary N) is 1. The van der Waals surface area contributed by atoms with E-state index in [1.807, 2.05) is 13.8 Å². The number of hydrogen-bond acceptors (Lipinski definition) is 2. The molecule has 1 saturated heterocycles. The van der Waals surface area contributed by atoms with Crippen molar-refractivity contribution in [1.29, 1.82) is 0 Å². The minimum atomic E-state index is 0.0198.